The molecule has 1 aliphatic heterocycles. The summed E-state index contributed by atoms with van der Waals surface area (Å²) >= 11 is 0. The van der Waals surface area contributed by atoms with E-state index in [1.54, 1.807) is 31.4 Å². The highest BCUT2D eigenvalue weighted by atomic mass is 19.1. The summed E-state index contributed by atoms with van der Waals surface area (Å²) in [4.78, 5) is 0. The van der Waals surface area contributed by atoms with Gasteiger partial charge in [-0.3, -0.25) is 5.01 Å². The molecule has 5 heteroatoms. The maximum absolute atomic E-state index is 13.4. The molecule has 0 saturated heterocycles. The Hall–Kier alpha value is -3.65. The average molecular weight is 371 g/mol. The van der Waals surface area contributed by atoms with E-state index >= 15 is 0 Å². The number of ether oxygens (including phenoxy) is 1. The lowest BCUT2D eigenvalue weighted by Gasteiger charge is -2.24. The second kappa shape index (κ2) is 7.53. The van der Waals surface area contributed by atoms with Gasteiger partial charge in [0.1, 0.15) is 11.6 Å². The Kier molecular flexibility index (Phi) is 4.77. The smallest absolute Gasteiger partial charge is 0.123 e. The maximum atomic E-state index is 13.4. The van der Waals surface area contributed by atoms with Gasteiger partial charge in [-0.1, -0.05) is 30.3 Å². The van der Waals surface area contributed by atoms with Crippen LogP contribution in [0.25, 0.3) is 0 Å². The largest absolute Gasteiger partial charge is 0.497 e. The first kappa shape index (κ1) is 17.7. The summed E-state index contributed by atoms with van der Waals surface area (Å²) in [6, 6.07) is 23.7. The lowest BCUT2D eigenvalue weighted by molar-refractivity contribution is 0.414. The Morgan fingerprint density at radius 1 is 1.07 bits per heavy atom. The normalized spacial score (nSPS) is 15.8. The third kappa shape index (κ3) is 3.45. The lowest BCUT2D eigenvalue weighted by atomic mass is 9.97. The molecule has 1 atom stereocenters. The van der Waals surface area contributed by atoms with E-state index in [-0.39, 0.29) is 11.9 Å². The highest BCUT2D eigenvalue weighted by Crippen LogP contribution is 2.37. The van der Waals surface area contributed by atoms with Crippen molar-refractivity contribution in [3.05, 3.63) is 95.3 Å². The molecule has 0 radical (unpaired) electrons. The minimum atomic E-state index is -0.261. The Morgan fingerprint density at radius 2 is 1.82 bits per heavy atom. The van der Waals surface area contributed by atoms with E-state index in [4.69, 9.17) is 15.1 Å². The van der Waals surface area contributed by atoms with Gasteiger partial charge in [-0.15, -0.1) is 0 Å². The zero-order valence-corrected chi connectivity index (χ0v) is 15.3. The Morgan fingerprint density at radius 3 is 2.50 bits per heavy atom. The van der Waals surface area contributed by atoms with Crippen LogP contribution in [0.1, 0.15) is 29.2 Å². The van der Waals surface area contributed by atoms with Gasteiger partial charge in [-0.05, 0) is 47.5 Å². The van der Waals surface area contributed by atoms with E-state index in [2.05, 4.69) is 6.07 Å². The number of nitriles is 1. The predicted octanol–water partition coefficient (Wildman–Crippen LogP) is 5.06. The van der Waals surface area contributed by atoms with Crippen molar-refractivity contribution >= 4 is 11.4 Å². The number of anilines is 1. The van der Waals surface area contributed by atoms with Crippen molar-refractivity contribution in [3.8, 4) is 11.8 Å². The minimum Gasteiger partial charge on any atom is -0.497 e. The fourth-order valence-corrected chi connectivity index (χ4v) is 3.36. The van der Waals surface area contributed by atoms with Gasteiger partial charge in [0.2, 0.25) is 0 Å². The molecule has 4 nitrogen and oxygen atoms in total. The second-order valence-electron chi connectivity index (χ2n) is 6.55. The molecule has 0 amide bonds. The summed E-state index contributed by atoms with van der Waals surface area (Å²) < 4.78 is 18.8. The van der Waals surface area contributed by atoms with Crippen LogP contribution in [0, 0.1) is 17.1 Å². The van der Waals surface area contributed by atoms with Gasteiger partial charge < -0.3 is 4.74 Å². The monoisotopic (exact) mass is 371 g/mol. The van der Waals surface area contributed by atoms with Crippen molar-refractivity contribution in [1.82, 2.24) is 0 Å². The molecule has 3 aromatic rings. The van der Waals surface area contributed by atoms with Gasteiger partial charge in [-0.25, -0.2) is 4.39 Å². The molecular weight excluding hydrogens is 353 g/mol. The topological polar surface area (TPSA) is 48.6 Å². The van der Waals surface area contributed by atoms with Crippen LogP contribution < -0.4 is 9.75 Å². The first-order valence-electron chi connectivity index (χ1n) is 8.94. The Balaban J connectivity index is 1.74. The van der Waals surface area contributed by atoms with Crippen molar-refractivity contribution < 1.29 is 9.13 Å². The predicted molar refractivity (Wildman–Crippen MR) is 107 cm³/mol. The van der Waals surface area contributed by atoms with Crippen molar-refractivity contribution in [3.63, 3.8) is 0 Å². The van der Waals surface area contributed by atoms with Crippen molar-refractivity contribution in [1.29, 1.82) is 5.26 Å². The van der Waals surface area contributed by atoms with Gasteiger partial charge in [0.05, 0.1) is 36.2 Å². The van der Waals surface area contributed by atoms with Gasteiger partial charge >= 0.3 is 0 Å². The molecule has 0 N–H and O–H groups in total. The average Bonchev–Trinajstić information content (AvgIpc) is 3.20. The molecule has 0 bridgehead atoms. The van der Waals surface area contributed by atoms with Gasteiger partial charge in [0, 0.05) is 12.5 Å². The van der Waals surface area contributed by atoms with Crippen LogP contribution >= 0.6 is 0 Å². The number of halogens is 1. The fourth-order valence-electron chi connectivity index (χ4n) is 3.36. The molecule has 0 saturated carbocycles. The van der Waals surface area contributed by atoms with Crippen LogP contribution in [0.15, 0.2) is 77.9 Å². The zero-order valence-electron chi connectivity index (χ0n) is 15.3. The first-order chi connectivity index (χ1) is 13.7. The van der Waals surface area contributed by atoms with Gasteiger partial charge in [0.15, 0.2) is 0 Å². The Labute approximate surface area is 163 Å². The third-order valence-corrected chi connectivity index (χ3v) is 4.83. The summed E-state index contributed by atoms with van der Waals surface area (Å²) in [5, 5.41) is 15.8. The highest BCUT2D eigenvalue weighted by molar-refractivity contribution is 6.03. The van der Waals surface area contributed by atoms with Gasteiger partial charge in [-0.2, -0.15) is 10.4 Å². The lowest BCUT2D eigenvalue weighted by Crippen LogP contribution is -2.18. The summed E-state index contributed by atoms with van der Waals surface area (Å²) in [6.07, 6.45) is 0.675. The molecule has 0 aliphatic carbocycles. The molecule has 1 unspecified atom stereocenters. The SMILES string of the molecule is COc1cccc(N2N=C(c3ccc(C#N)cc3)CC2c2ccc(F)cc2)c1. The van der Waals surface area contributed by atoms with Crippen molar-refractivity contribution in [2.24, 2.45) is 5.10 Å². The van der Waals surface area contributed by atoms with Crippen LogP contribution in [0.2, 0.25) is 0 Å². The number of hydrogen-bond donors (Lipinski definition) is 0. The van der Waals surface area contributed by atoms with E-state index in [0.29, 0.717) is 12.0 Å². The first-order valence-corrected chi connectivity index (χ1v) is 8.94. The van der Waals surface area contributed by atoms with E-state index < -0.39 is 0 Å². The molecule has 138 valence electrons. The van der Waals surface area contributed by atoms with Crippen molar-refractivity contribution in [2.45, 2.75) is 12.5 Å². The summed E-state index contributed by atoms with van der Waals surface area (Å²) in [5.41, 5.74) is 4.38. The van der Waals surface area contributed by atoms with Crippen LogP contribution in [-0.2, 0) is 0 Å². The molecule has 0 spiro atoms. The number of nitrogens with zero attached hydrogens (tertiary/aromatic N) is 3. The van der Waals surface area contributed by atoms with E-state index in [9.17, 15) is 4.39 Å². The maximum Gasteiger partial charge on any atom is 0.123 e. The summed E-state index contributed by atoms with van der Waals surface area (Å²) in [5.74, 6) is 0.486. The van der Waals surface area contributed by atoms with E-state index in [1.165, 1.54) is 12.1 Å². The van der Waals surface area contributed by atoms with Crippen LogP contribution in [0.4, 0.5) is 10.1 Å². The second-order valence-corrected chi connectivity index (χ2v) is 6.55. The standard InChI is InChI=1S/C23H18FN3O/c1-28-21-4-2-3-20(13-21)27-23(18-9-11-19(24)12-10-18)14-22(26-27)17-7-5-16(15-25)6-8-17/h2-13,23H,14H2,1H3. The number of benzene rings is 3. The highest BCUT2D eigenvalue weighted by Gasteiger charge is 2.30. The quantitative estimate of drug-likeness (QED) is 0.644. The molecule has 4 rings (SSSR count). The van der Waals surface area contributed by atoms with Crippen LogP contribution in [-0.4, -0.2) is 12.8 Å². The molecule has 28 heavy (non-hydrogen) atoms. The summed E-state index contributed by atoms with van der Waals surface area (Å²) in [7, 11) is 1.63. The van der Waals surface area contributed by atoms with Crippen LogP contribution in [0.5, 0.6) is 5.75 Å². The molecule has 1 aliphatic rings. The van der Waals surface area contributed by atoms with E-state index in [1.807, 2.05) is 41.4 Å². The zero-order chi connectivity index (χ0) is 19.5. The van der Waals surface area contributed by atoms with E-state index in [0.717, 1.165) is 28.3 Å². The molecule has 3 aromatic carbocycles. The van der Waals surface area contributed by atoms with Crippen LogP contribution in [0.3, 0.4) is 0 Å². The van der Waals surface area contributed by atoms with Crippen molar-refractivity contribution in [2.75, 3.05) is 12.1 Å². The number of methoxy groups -OCH3 is 1. The molecule has 1 heterocycles. The van der Waals surface area contributed by atoms with Gasteiger partial charge in [0.25, 0.3) is 0 Å². The molecular formula is C23H18FN3O. The molecule has 0 fully saturated rings. The minimum absolute atomic E-state index is 0.0571. The Bertz CT molecular complexity index is 1050. The third-order valence-electron chi connectivity index (χ3n) is 4.83. The summed E-state index contributed by atoms with van der Waals surface area (Å²) in [6.45, 7) is 0. The molecule has 0 aromatic heterocycles. The number of hydrazone groups is 1. The fraction of sp³-hybridized carbons (Fsp3) is 0.130. The number of hydrogen-bond acceptors (Lipinski definition) is 4. The number of rotatable bonds is 4.